The fourth-order valence-corrected chi connectivity index (χ4v) is 2.77. The van der Waals surface area contributed by atoms with Crippen molar-refractivity contribution in [3.63, 3.8) is 0 Å². The number of methoxy groups -OCH3 is 1. The Kier molecular flexibility index (Phi) is 3.39. The Morgan fingerprint density at radius 2 is 2.25 bits per heavy atom. The van der Waals surface area contributed by atoms with Gasteiger partial charge in [0.25, 0.3) is 11.9 Å². The number of carbonyl (C=O) groups is 1. The minimum absolute atomic E-state index is 0.168. The van der Waals surface area contributed by atoms with Crippen LogP contribution in [0.2, 0.25) is 0 Å². The van der Waals surface area contributed by atoms with E-state index in [2.05, 4.69) is 31.5 Å². The standard InChI is InChI=1S/C12H12BrN5O2/c1-20-10-8(4-2-5-9(10)13)11(19)17-6-3-7-18-12(17)14-15-16-18/h2,4-5H,3,6-7H2,1H3. The summed E-state index contributed by atoms with van der Waals surface area (Å²) in [5.74, 6) is 0.823. The first-order chi connectivity index (χ1) is 9.72. The fraction of sp³-hybridized carbons (Fsp3) is 0.333. The lowest BCUT2D eigenvalue weighted by atomic mass is 10.1. The summed E-state index contributed by atoms with van der Waals surface area (Å²) >= 11 is 3.38. The molecule has 0 fully saturated rings. The molecule has 3 rings (SSSR count). The Hall–Kier alpha value is -1.96. The lowest BCUT2D eigenvalue weighted by Gasteiger charge is -2.25. The van der Waals surface area contributed by atoms with Crippen LogP contribution in [0.5, 0.6) is 5.75 Å². The molecule has 0 bridgehead atoms. The number of para-hydroxylation sites is 1. The number of fused-ring (bicyclic) bond motifs is 1. The number of ether oxygens (including phenoxy) is 1. The number of halogens is 1. The maximum atomic E-state index is 12.7. The van der Waals surface area contributed by atoms with Crippen LogP contribution >= 0.6 is 15.9 Å². The molecule has 1 aliphatic heterocycles. The van der Waals surface area contributed by atoms with E-state index in [1.165, 1.54) is 7.11 Å². The molecule has 104 valence electrons. The van der Waals surface area contributed by atoms with Crippen molar-refractivity contribution in [2.45, 2.75) is 13.0 Å². The highest BCUT2D eigenvalue weighted by atomic mass is 79.9. The third-order valence-corrected chi connectivity index (χ3v) is 3.78. The van der Waals surface area contributed by atoms with E-state index in [0.29, 0.717) is 23.8 Å². The number of aromatic nitrogens is 4. The Bertz CT molecular complexity index is 657. The van der Waals surface area contributed by atoms with Gasteiger partial charge in [0.05, 0.1) is 17.1 Å². The van der Waals surface area contributed by atoms with Crippen molar-refractivity contribution >= 4 is 27.8 Å². The van der Waals surface area contributed by atoms with Crippen molar-refractivity contribution in [3.8, 4) is 5.75 Å². The number of hydrogen-bond donors (Lipinski definition) is 0. The van der Waals surface area contributed by atoms with Gasteiger partial charge in [-0.25, -0.2) is 4.68 Å². The van der Waals surface area contributed by atoms with Crippen LogP contribution in [0, 0.1) is 0 Å². The average molecular weight is 338 g/mol. The second kappa shape index (κ2) is 5.20. The van der Waals surface area contributed by atoms with E-state index in [9.17, 15) is 4.79 Å². The third kappa shape index (κ3) is 2.05. The van der Waals surface area contributed by atoms with Gasteiger partial charge in [0.2, 0.25) is 0 Å². The van der Waals surface area contributed by atoms with E-state index in [1.54, 1.807) is 21.7 Å². The van der Waals surface area contributed by atoms with Crippen LogP contribution in [-0.2, 0) is 6.54 Å². The number of aryl methyl sites for hydroxylation is 1. The number of hydrogen-bond acceptors (Lipinski definition) is 5. The quantitative estimate of drug-likeness (QED) is 0.830. The summed E-state index contributed by atoms with van der Waals surface area (Å²) in [5.41, 5.74) is 0.485. The zero-order valence-corrected chi connectivity index (χ0v) is 12.4. The maximum Gasteiger partial charge on any atom is 0.264 e. The van der Waals surface area contributed by atoms with E-state index < -0.39 is 0 Å². The van der Waals surface area contributed by atoms with Crippen molar-refractivity contribution in [3.05, 3.63) is 28.2 Å². The molecule has 0 N–H and O–H groups in total. The second-order valence-electron chi connectivity index (χ2n) is 4.33. The van der Waals surface area contributed by atoms with E-state index in [0.717, 1.165) is 17.4 Å². The Balaban J connectivity index is 2.01. The zero-order valence-electron chi connectivity index (χ0n) is 10.8. The summed E-state index contributed by atoms with van der Waals surface area (Å²) in [6.45, 7) is 1.32. The molecule has 2 aromatic rings. The number of tetrazole rings is 1. The first kappa shape index (κ1) is 13.0. The second-order valence-corrected chi connectivity index (χ2v) is 5.19. The molecule has 0 saturated heterocycles. The summed E-state index contributed by atoms with van der Waals surface area (Å²) in [5, 5.41) is 11.4. The van der Waals surface area contributed by atoms with E-state index >= 15 is 0 Å². The number of nitrogens with zero attached hydrogens (tertiary/aromatic N) is 5. The molecule has 0 radical (unpaired) electrons. The van der Waals surface area contributed by atoms with Crippen LogP contribution in [0.4, 0.5) is 5.95 Å². The molecule has 1 aromatic heterocycles. The molecule has 2 heterocycles. The van der Waals surface area contributed by atoms with Crippen LogP contribution in [0.1, 0.15) is 16.8 Å². The van der Waals surface area contributed by atoms with E-state index in [4.69, 9.17) is 4.74 Å². The van der Waals surface area contributed by atoms with Crippen molar-refractivity contribution in [1.82, 2.24) is 20.2 Å². The smallest absolute Gasteiger partial charge is 0.264 e. The topological polar surface area (TPSA) is 73.1 Å². The molecule has 0 atom stereocenters. The highest BCUT2D eigenvalue weighted by molar-refractivity contribution is 9.10. The maximum absolute atomic E-state index is 12.7. The number of anilines is 1. The molecule has 0 saturated carbocycles. The van der Waals surface area contributed by atoms with Crippen LogP contribution in [-0.4, -0.2) is 39.8 Å². The SMILES string of the molecule is COc1c(Br)cccc1C(=O)N1CCCn2nnnc21. The summed E-state index contributed by atoms with van der Waals surface area (Å²) in [6, 6.07) is 5.36. The minimum atomic E-state index is -0.168. The van der Waals surface area contributed by atoms with Crippen molar-refractivity contribution < 1.29 is 9.53 Å². The zero-order chi connectivity index (χ0) is 14.1. The van der Waals surface area contributed by atoms with Gasteiger partial charge in [-0.15, -0.1) is 0 Å². The number of benzene rings is 1. The molecule has 0 aliphatic carbocycles. The van der Waals surface area contributed by atoms with E-state index in [1.807, 2.05) is 6.07 Å². The predicted octanol–water partition coefficient (Wildman–Crippen LogP) is 1.49. The van der Waals surface area contributed by atoms with Gasteiger partial charge in [-0.2, -0.15) is 0 Å². The van der Waals surface area contributed by atoms with Gasteiger partial charge in [0.1, 0.15) is 5.75 Å². The largest absolute Gasteiger partial charge is 0.495 e. The third-order valence-electron chi connectivity index (χ3n) is 3.15. The Morgan fingerprint density at radius 1 is 1.40 bits per heavy atom. The lowest BCUT2D eigenvalue weighted by Crippen LogP contribution is -2.38. The molecule has 20 heavy (non-hydrogen) atoms. The molecule has 0 unspecified atom stereocenters. The Morgan fingerprint density at radius 3 is 3.05 bits per heavy atom. The number of carbonyl (C=O) groups excluding carboxylic acids is 1. The highest BCUT2D eigenvalue weighted by Crippen LogP contribution is 2.31. The predicted molar refractivity (Wildman–Crippen MR) is 74.8 cm³/mol. The molecule has 0 spiro atoms. The van der Waals surface area contributed by atoms with Gasteiger partial charge in [0, 0.05) is 13.1 Å². The molecular weight excluding hydrogens is 326 g/mol. The van der Waals surface area contributed by atoms with Gasteiger partial charge >= 0.3 is 0 Å². The van der Waals surface area contributed by atoms with Gasteiger partial charge in [-0.05, 0) is 44.9 Å². The van der Waals surface area contributed by atoms with Crippen LogP contribution in [0.25, 0.3) is 0 Å². The monoisotopic (exact) mass is 337 g/mol. The van der Waals surface area contributed by atoms with Gasteiger partial charge in [-0.1, -0.05) is 11.2 Å². The van der Waals surface area contributed by atoms with Gasteiger partial charge in [0.15, 0.2) is 0 Å². The van der Waals surface area contributed by atoms with Gasteiger partial charge < -0.3 is 4.74 Å². The minimum Gasteiger partial charge on any atom is -0.495 e. The van der Waals surface area contributed by atoms with Crippen LogP contribution in [0.15, 0.2) is 22.7 Å². The highest BCUT2D eigenvalue weighted by Gasteiger charge is 2.28. The normalized spacial score (nSPS) is 14.0. The van der Waals surface area contributed by atoms with Crippen LogP contribution < -0.4 is 9.64 Å². The van der Waals surface area contributed by atoms with Crippen molar-refractivity contribution in [2.24, 2.45) is 0 Å². The molecular formula is C12H12BrN5O2. The average Bonchev–Trinajstić information content (AvgIpc) is 2.94. The van der Waals surface area contributed by atoms with Crippen LogP contribution in [0.3, 0.4) is 0 Å². The molecule has 7 nitrogen and oxygen atoms in total. The Labute approximate surface area is 123 Å². The molecule has 8 heteroatoms. The summed E-state index contributed by atoms with van der Waals surface area (Å²) in [7, 11) is 1.54. The molecule has 1 aliphatic rings. The summed E-state index contributed by atoms with van der Waals surface area (Å²) < 4.78 is 7.67. The fourth-order valence-electron chi connectivity index (χ4n) is 2.24. The lowest BCUT2D eigenvalue weighted by molar-refractivity contribution is 0.0977. The first-order valence-corrected chi connectivity index (χ1v) is 6.92. The molecule has 1 aromatic carbocycles. The first-order valence-electron chi connectivity index (χ1n) is 6.13. The summed E-state index contributed by atoms with van der Waals surface area (Å²) in [4.78, 5) is 14.3. The summed E-state index contributed by atoms with van der Waals surface area (Å²) in [6.07, 6.45) is 0.820. The molecule has 1 amide bonds. The number of amides is 1. The van der Waals surface area contributed by atoms with Crippen molar-refractivity contribution in [1.29, 1.82) is 0 Å². The van der Waals surface area contributed by atoms with Crippen molar-refractivity contribution in [2.75, 3.05) is 18.6 Å². The number of rotatable bonds is 2. The van der Waals surface area contributed by atoms with Gasteiger partial charge in [-0.3, -0.25) is 9.69 Å². The van der Waals surface area contributed by atoms with E-state index in [-0.39, 0.29) is 5.91 Å².